The molecule has 1 aromatic rings. The second kappa shape index (κ2) is 6.54. The maximum absolute atomic E-state index is 12.4. The SMILES string of the molecule is COCCn1cc(S(=O)(=O)N2CCC(C(=O)O)CC2)cn1. The zero-order valence-electron chi connectivity index (χ0n) is 11.8. The van der Waals surface area contributed by atoms with Gasteiger partial charge in [0.2, 0.25) is 10.0 Å². The normalized spacial score (nSPS) is 18.0. The van der Waals surface area contributed by atoms with Crippen LogP contribution in [0.4, 0.5) is 0 Å². The fraction of sp³-hybridized carbons (Fsp3) is 0.667. The second-order valence-corrected chi connectivity index (χ2v) is 6.89. The maximum atomic E-state index is 12.4. The molecule has 0 aliphatic carbocycles. The quantitative estimate of drug-likeness (QED) is 0.793. The van der Waals surface area contributed by atoms with Gasteiger partial charge in [0.1, 0.15) is 4.90 Å². The van der Waals surface area contributed by atoms with Crippen LogP contribution in [-0.4, -0.2) is 60.4 Å². The number of hydrogen-bond acceptors (Lipinski definition) is 5. The molecule has 0 bridgehead atoms. The highest BCUT2D eigenvalue weighted by Crippen LogP contribution is 2.23. The second-order valence-electron chi connectivity index (χ2n) is 4.95. The molecule has 118 valence electrons. The Morgan fingerprint density at radius 3 is 2.71 bits per heavy atom. The number of nitrogens with zero attached hydrogens (tertiary/aromatic N) is 3. The summed E-state index contributed by atoms with van der Waals surface area (Å²) in [4.78, 5) is 11.0. The predicted octanol–water partition coefficient (Wildman–Crippen LogP) is 0.0148. The molecule has 1 aliphatic heterocycles. The van der Waals surface area contributed by atoms with E-state index < -0.39 is 21.9 Å². The van der Waals surface area contributed by atoms with Gasteiger partial charge in [-0.3, -0.25) is 9.48 Å². The van der Waals surface area contributed by atoms with E-state index in [0.29, 0.717) is 26.0 Å². The summed E-state index contributed by atoms with van der Waals surface area (Å²) in [5.41, 5.74) is 0. The third-order valence-corrected chi connectivity index (χ3v) is 5.43. The number of ether oxygens (including phenoxy) is 1. The third-order valence-electron chi connectivity index (χ3n) is 3.58. The number of carboxylic acids is 1. The van der Waals surface area contributed by atoms with Gasteiger partial charge in [-0.15, -0.1) is 0 Å². The molecule has 1 aliphatic rings. The third kappa shape index (κ3) is 3.60. The summed E-state index contributed by atoms with van der Waals surface area (Å²) in [5.74, 6) is -1.32. The van der Waals surface area contributed by atoms with Gasteiger partial charge in [0.25, 0.3) is 0 Å². The lowest BCUT2D eigenvalue weighted by atomic mass is 9.99. The highest BCUT2D eigenvalue weighted by atomic mass is 32.2. The Kier molecular flexibility index (Phi) is 4.96. The van der Waals surface area contributed by atoms with E-state index in [-0.39, 0.29) is 18.0 Å². The molecule has 0 atom stereocenters. The molecule has 0 unspecified atom stereocenters. The molecule has 1 fully saturated rings. The first-order valence-electron chi connectivity index (χ1n) is 6.69. The van der Waals surface area contributed by atoms with Crippen molar-refractivity contribution in [2.45, 2.75) is 24.3 Å². The van der Waals surface area contributed by atoms with Gasteiger partial charge in [-0.1, -0.05) is 0 Å². The lowest BCUT2D eigenvalue weighted by Gasteiger charge is -2.28. The highest BCUT2D eigenvalue weighted by Gasteiger charge is 2.32. The monoisotopic (exact) mass is 317 g/mol. The molecule has 0 amide bonds. The van der Waals surface area contributed by atoms with E-state index in [9.17, 15) is 13.2 Å². The van der Waals surface area contributed by atoms with Gasteiger partial charge in [-0.05, 0) is 12.8 Å². The fourth-order valence-electron chi connectivity index (χ4n) is 2.28. The Bertz CT molecular complexity index is 590. The molecule has 21 heavy (non-hydrogen) atoms. The van der Waals surface area contributed by atoms with E-state index in [1.165, 1.54) is 21.4 Å². The lowest BCUT2D eigenvalue weighted by Crippen LogP contribution is -2.40. The number of piperidine rings is 1. The summed E-state index contributed by atoms with van der Waals surface area (Å²) in [5, 5.41) is 12.9. The summed E-state index contributed by atoms with van der Waals surface area (Å²) >= 11 is 0. The van der Waals surface area contributed by atoms with Crippen molar-refractivity contribution in [3.63, 3.8) is 0 Å². The zero-order valence-corrected chi connectivity index (χ0v) is 12.6. The molecule has 0 spiro atoms. The van der Waals surface area contributed by atoms with Crippen LogP contribution >= 0.6 is 0 Å². The molecule has 2 rings (SSSR count). The molecule has 1 N–H and O–H groups in total. The summed E-state index contributed by atoms with van der Waals surface area (Å²) in [6.07, 6.45) is 3.46. The summed E-state index contributed by atoms with van der Waals surface area (Å²) in [6, 6.07) is 0. The largest absolute Gasteiger partial charge is 0.481 e. The van der Waals surface area contributed by atoms with Crippen molar-refractivity contribution in [1.82, 2.24) is 14.1 Å². The molecule has 2 heterocycles. The van der Waals surface area contributed by atoms with Crippen molar-refractivity contribution in [1.29, 1.82) is 0 Å². The van der Waals surface area contributed by atoms with Gasteiger partial charge in [0.05, 0.1) is 25.3 Å². The number of aromatic nitrogens is 2. The van der Waals surface area contributed by atoms with E-state index in [0.717, 1.165) is 0 Å². The molecule has 0 saturated carbocycles. The van der Waals surface area contributed by atoms with Crippen LogP contribution in [0.15, 0.2) is 17.3 Å². The van der Waals surface area contributed by atoms with Gasteiger partial charge in [0.15, 0.2) is 0 Å². The minimum absolute atomic E-state index is 0.132. The van der Waals surface area contributed by atoms with Crippen LogP contribution in [0.25, 0.3) is 0 Å². The predicted molar refractivity (Wildman–Crippen MR) is 73.2 cm³/mol. The van der Waals surface area contributed by atoms with Crippen molar-refractivity contribution in [2.75, 3.05) is 26.8 Å². The Morgan fingerprint density at radius 2 is 2.14 bits per heavy atom. The van der Waals surface area contributed by atoms with Crippen LogP contribution in [0.2, 0.25) is 0 Å². The van der Waals surface area contributed by atoms with E-state index in [2.05, 4.69) is 5.10 Å². The molecule has 0 aromatic carbocycles. The Hall–Kier alpha value is -1.45. The van der Waals surface area contributed by atoms with Crippen LogP contribution in [0, 0.1) is 5.92 Å². The average Bonchev–Trinajstić information content (AvgIpc) is 2.94. The van der Waals surface area contributed by atoms with E-state index >= 15 is 0 Å². The Balaban J connectivity index is 2.05. The lowest BCUT2D eigenvalue weighted by molar-refractivity contribution is -0.142. The standard InChI is InChI=1S/C12H19N3O5S/c1-20-7-6-14-9-11(8-13-14)21(18,19)15-4-2-10(3-5-15)12(16)17/h8-10H,2-7H2,1H3,(H,16,17). The van der Waals surface area contributed by atoms with Crippen molar-refractivity contribution in [3.05, 3.63) is 12.4 Å². The zero-order chi connectivity index (χ0) is 15.5. The molecule has 1 saturated heterocycles. The van der Waals surface area contributed by atoms with E-state index in [4.69, 9.17) is 9.84 Å². The first-order chi connectivity index (χ1) is 9.95. The van der Waals surface area contributed by atoms with Crippen molar-refractivity contribution in [3.8, 4) is 0 Å². The molecular formula is C12H19N3O5S. The van der Waals surface area contributed by atoms with Crippen LogP contribution < -0.4 is 0 Å². The number of hydrogen-bond donors (Lipinski definition) is 1. The number of carboxylic acid groups (broad SMARTS) is 1. The van der Waals surface area contributed by atoms with Gasteiger partial charge < -0.3 is 9.84 Å². The molecule has 0 radical (unpaired) electrons. The first kappa shape index (κ1) is 15.9. The average molecular weight is 317 g/mol. The van der Waals surface area contributed by atoms with Crippen LogP contribution in [0.3, 0.4) is 0 Å². The number of rotatable bonds is 6. The van der Waals surface area contributed by atoms with E-state index in [1.807, 2.05) is 0 Å². The van der Waals surface area contributed by atoms with Crippen molar-refractivity contribution < 1.29 is 23.1 Å². The minimum Gasteiger partial charge on any atom is -0.481 e. The molecule has 1 aromatic heterocycles. The van der Waals surface area contributed by atoms with Crippen LogP contribution in [0.5, 0.6) is 0 Å². The van der Waals surface area contributed by atoms with Gasteiger partial charge in [-0.2, -0.15) is 9.40 Å². The number of aliphatic carboxylic acids is 1. The van der Waals surface area contributed by atoms with Crippen LogP contribution in [0.1, 0.15) is 12.8 Å². The molecule has 8 nitrogen and oxygen atoms in total. The summed E-state index contributed by atoms with van der Waals surface area (Å²) < 4.78 is 32.6. The summed E-state index contributed by atoms with van der Waals surface area (Å²) in [6.45, 7) is 1.38. The maximum Gasteiger partial charge on any atom is 0.306 e. The molecular weight excluding hydrogens is 298 g/mol. The topological polar surface area (TPSA) is 102 Å². The van der Waals surface area contributed by atoms with Crippen molar-refractivity contribution in [2.24, 2.45) is 5.92 Å². The van der Waals surface area contributed by atoms with Gasteiger partial charge in [0, 0.05) is 26.4 Å². The van der Waals surface area contributed by atoms with Gasteiger partial charge in [-0.25, -0.2) is 8.42 Å². The van der Waals surface area contributed by atoms with Gasteiger partial charge >= 0.3 is 5.97 Å². The minimum atomic E-state index is -3.60. The Morgan fingerprint density at radius 1 is 1.48 bits per heavy atom. The first-order valence-corrected chi connectivity index (χ1v) is 8.13. The van der Waals surface area contributed by atoms with Crippen LogP contribution in [-0.2, 0) is 26.1 Å². The highest BCUT2D eigenvalue weighted by molar-refractivity contribution is 7.89. The Labute approximate surface area is 123 Å². The number of methoxy groups -OCH3 is 1. The number of carbonyl (C=O) groups is 1. The smallest absolute Gasteiger partial charge is 0.306 e. The number of sulfonamides is 1. The van der Waals surface area contributed by atoms with E-state index in [1.54, 1.807) is 7.11 Å². The van der Waals surface area contributed by atoms with Crippen molar-refractivity contribution >= 4 is 16.0 Å². The molecule has 9 heteroatoms. The summed E-state index contributed by atoms with van der Waals surface area (Å²) in [7, 11) is -2.04. The fourth-order valence-corrected chi connectivity index (χ4v) is 3.70.